The number of aromatic amines is 1. The second kappa shape index (κ2) is 8.31. The first kappa shape index (κ1) is 17.7. The molecule has 0 spiro atoms. The van der Waals surface area contributed by atoms with Crippen LogP contribution in [0, 0.1) is 0 Å². The average Bonchev–Trinajstić information content (AvgIpc) is 3.11. The Morgan fingerprint density at radius 3 is 2.54 bits per heavy atom. The molecule has 26 heavy (non-hydrogen) atoms. The van der Waals surface area contributed by atoms with E-state index in [-0.39, 0.29) is 12.5 Å². The van der Waals surface area contributed by atoms with Gasteiger partial charge in [0.2, 0.25) is 0 Å². The van der Waals surface area contributed by atoms with E-state index < -0.39 is 12.0 Å². The molecule has 0 aliphatic heterocycles. The predicted molar refractivity (Wildman–Crippen MR) is 97.7 cm³/mol. The standard InChI is InChI=1S/C20H20N2O4/c1-25-20(24)18(13-26-12-14-7-3-2-4-8-14)22-19(23)17-11-15-9-5-6-10-16(15)21-17/h2-11,18,21H,12-13H2,1H3,(H,22,23)/t18-/m0/s1. The molecule has 0 saturated carbocycles. The second-order valence-electron chi connectivity index (χ2n) is 5.82. The Morgan fingerprint density at radius 2 is 1.81 bits per heavy atom. The first-order valence-electron chi connectivity index (χ1n) is 8.25. The summed E-state index contributed by atoms with van der Waals surface area (Å²) in [5, 5.41) is 3.59. The highest BCUT2D eigenvalue weighted by atomic mass is 16.5. The van der Waals surface area contributed by atoms with E-state index in [9.17, 15) is 9.59 Å². The number of hydrogen-bond acceptors (Lipinski definition) is 4. The van der Waals surface area contributed by atoms with Gasteiger partial charge in [-0.25, -0.2) is 4.79 Å². The maximum absolute atomic E-state index is 12.5. The fraction of sp³-hybridized carbons (Fsp3) is 0.200. The lowest BCUT2D eigenvalue weighted by Crippen LogP contribution is -2.44. The number of amides is 1. The Morgan fingerprint density at radius 1 is 1.08 bits per heavy atom. The molecular weight excluding hydrogens is 332 g/mol. The SMILES string of the molecule is COC(=O)[C@H](COCc1ccccc1)NC(=O)c1cc2ccccc2[nH]1. The Labute approximate surface area is 151 Å². The van der Waals surface area contributed by atoms with Crippen LogP contribution < -0.4 is 5.32 Å². The number of benzene rings is 2. The average molecular weight is 352 g/mol. The van der Waals surface area contributed by atoms with Crippen LogP contribution in [0.4, 0.5) is 0 Å². The van der Waals surface area contributed by atoms with Gasteiger partial charge in [-0.2, -0.15) is 0 Å². The van der Waals surface area contributed by atoms with E-state index in [0.29, 0.717) is 12.3 Å². The number of rotatable bonds is 7. The van der Waals surface area contributed by atoms with Gasteiger partial charge in [0.1, 0.15) is 5.69 Å². The van der Waals surface area contributed by atoms with E-state index in [2.05, 4.69) is 10.3 Å². The second-order valence-corrected chi connectivity index (χ2v) is 5.82. The number of nitrogens with one attached hydrogen (secondary N) is 2. The maximum atomic E-state index is 12.5. The minimum Gasteiger partial charge on any atom is -0.467 e. The summed E-state index contributed by atoms with van der Waals surface area (Å²) in [6.45, 7) is 0.365. The van der Waals surface area contributed by atoms with Crippen LogP contribution in [0.2, 0.25) is 0 Å². The van der Waals surface area contributed by atoms with Crippen molar-refractivity contribution < 1.29 is 19.1 Å². The minimum absolute atomic E-state index is 0.0214. The highest BCUT2D eigenvalue weighted by molar-refractivity contribution is 5.99. The Kier molecular flexibility index (Phi) is 5.66. The summed E-state index contributed by atoms with van der Waals surface area (Å²) in [5.74, 6) is -0.942. The molecule has 6 nitrogen and oxygen atoms in total. The predicted octanol–water partition coefficient (Wildman–Crippen LogP) is 2.66. The Balaban J connectivity index is 1.63. The Bertz CT molecular complexity index is 856. The molecule has 0 aliphatic carbocycles. The molecule has 3 rings (SSSR count). The first-order valence-corrected chi connectivity index (χ1v) is 8.25. The fourth-order valence-electron chi connectivity index (χ4n) is 2.61. The van der Waals surface area contributed by atoms with Gasteiger partial charge in [0.25, 0.3) is 5.91 Å². The summed E-state index contributed by atoms with van der Waals surface area (Å²) in [6.07, 6.45) is 0. The molecule has 1 aromatic heterocycles. The van der Waals surface area contributed by atoms with Crippen LogP contribution in [0.15, 0.2) is 60.7 Å². The number of esters is 1. The van der Waals surface area contributed by atoms with Crippen molar-refractivity contribution in [3.05, 3.63) is 71.9 Å². The quantitative estimate of drug-likeness (QED) is 0.641. The summed E-state index contributed by atoms with van der Waals surface area (Å²) in [4.78, 5) is 27.5. The van der Waals surface area contributed by atoms with Crippen molar-refractivity contribution in [2.24, 2.45) is 0 Å². The number of aromatic nitrogens is 1. The lowest BCUT2D eigenvalue weighted by atomic mass is 10.2. The van der Waals surface area contributed by atoms with Crippen molar-refractivity contribution in [3.63, 3.8) is 0 Å². The normalized spacial score (nSPS) is 11.9. The Hall–Kier alpha value is -3.12. The van der Waals surface area contributed by atoms with E-state index in [4.69, 9.17) is 9.47 Å². The summed E-state index contributed by atoms with van der Waals surface area (Å²) in [7, 11) is 1.28. The third-order valence-electron chi connectivity index (χ3n) is 3.96. The number of carbonyl (C=O) groups is 2. The molecule has 0 fully saturated rings. The van der Waals surface area contributed by atoms with Gasteiger partial charge in [-0.1, -0.05) is 48.5 Å². The molecule has 1 atom stereocenters. The molecular formula is C20H20N2O4. The molecule has 2 N–H and O–H groups in total. The third-order valence-corrected chi connectivity index (χ3v) is 3.96. The lowest BCUT2D eigenvalue weighted by Gasteiger charge is -2.16. The van der Waals surface area contributed by atoms with Gasteiger partial charge in [-0.05, 0) is 17.7 Å². The van der Waals surface area contributed by atoms with Crippen LogP contribution in [-0.4, -0.2) is 36.6 Å². The smallest absolute Gasteiger partial charge is 0.330 e. The highest BCUT2D eigenvalue weighted by Gasteiger charge is 2.23. The van der Waals surface area contributed by atoms with Crippen molar-refractivity contribution in [1.29, 1.82) is 0 Å². The van der Waals surface area contributed by atoms with Gasteiger partial charge in [0, 0.05) is 10.9 Å². The molecule has 6 heteroatoms. The van der Waals surface area contributed by atoms with Crippen molar-refractivity contribution in [2.75, 3.05) is 13.7 Å². The van der Waals surface area contributed by atoms with Crippen LogP contribution in [0.25, 0.3) is 10.9 Å². The van der Waals surface area contributed by atoms with E-state index in [1.165, 1.54) is 7.11 Å². The van der Waals surface area contributed by atoms with Gasteiger partial charge >= 0.3 is 5.97 Å². The van der Waals surface area contributed by atoms with Gasteiger partial charge in [-0.15, -0.1) is 0 Å². The zero-order valence-corrected chi connectivity index (χ0v) is 14.4. The maximum Gasteiger partial charge on any atom is 0.330 e. The fourth-order valence-corrected chi connectivity index (χ4v) is 2.61. The molecule has 0 aliphatic rings. The number of fused-ring (bicyclic) bond motifs is 1. The van der Waals surface area contributed by atoms with E-state index in [1.54, 1.807) is 6.07 Å². The number of ether oxygens (including phenoxy) is 2. The zero-order valence-electron chi connectivity index (χ0n) is 14.4. The van der Waals surface area contributed by atoms with Gasteiger partial charge in [-0.3, -0.25) is 4.79 Å². The van der Waals surface area contributed by atoms with Crippen molar-refractivity contribution >= 4 is 22.8 Å². The minimum atomic E-state index is -0.886. The number of methoxy groups -OCH3 is 1. The topological polar surface area (TPSA) is 80.4 Å². The first-order chi connectivity index (χ1) is 12.7. The lowest BCUT2D eigenvalue weighted by molar-refractivity contribution is -0.144. The van der Waals surface area contributed by atoms with E-state index >= 15 is 0 Å². The van der Waals surface area contributed by atoms with Crippen LogP contribution in [0.3, 0.4) is 0 Å². The van der Waals surface area contributed by atoms with Gasteiger partial charge in [0.15, 0.2) is 6.04 Å². The molecule has 0 bridgehead atoms. The van der Waals surface area contributed by atoms with Crippen molar-refractivity contribution in [3.8, 4) is 0 Å². The number of H-pyrrole nitrogens is 1. The third kappa shape index (κ3) is 4.29. The molecule has 3 aromatic rings. The molecule has 1 heterocycles. The van der Waals surface area contributed by atoms with E-state index in [1.807, 2.05) is 54.6 Å². The van der Waals surface area contributed by atoms with Crippen LogP contribution >= 0.6 is 0 Å². The van der Waals surface area contributed by atoms with Crippen LogP contribution in [0.1, 0.15) is 16.1 Å². The summed E-state index contributed by atoms with van der Waals surface area (Å²) in [5.41, 5.74) is 2.22. The number of carbonyl (C=O) groups excluding carboxylic acids is 2. The van der Waals surface area contributed by atoms with Gasteiger partial charge < -0.3 is 19.8 Å². The molecule has 134 valence electrons. The summed E-state index contributed by atoms with van der Waals surface area (Å²) in [6, 6.07) is 18.0. The van der Waals surface area contributed by atoms with Crippen molar-refractivity contribution in [1.82, 2.24) is 10.3 Å². The molecule has 0 radical (unpaired) electrons. The molecule has 2 aromatic carbocycles. The van der Waals surface area contributed by atoms with E-state index in [0.717, 1.165) is 16.5 Å². The van der Waals surface area contributed by atoms with Crippen LogP contribution in [0.5, 0.6) is 0 Å². The largest absolute Gasteiger partial charge is 0.467 e. The van der Waals surface area contributed by atoms with Gasteiger partial charge in [0.05, 0.1) is 20.3 Å². The zero-order chi connectivity index (χ0) is 18.4. The summed E-state index contributed by atoms with van der Waals surface area (Å²) < 4.78 is 10.3. The van der Waals surface area contributed by atoms with Crippen molar-refractivity contribution in [2.45, 2.75) is 12.6 Å². The van der Waals surface area contributed by atoms with Crippen LogP contribution in [-0.2, 0) is 20.9 Å². The number of hydrogen-bond donors (Lipinski definition) is 2. The molecule has 0 saturated heterocycles. The molecule has 0 unspecified atom stereocenters. The monoisotopic (exact) mass is 352 g/mol. The highest BCUT2D eigenvalue weighted by Crippen LogP contribution is 2.14. The summed E-state index contributed by atoms with van der Waals surface area (Å²) >= 11 is 0. The number of para-hydroxylation sites is 1. The molecule has 1 amide bonds.